The van der Waals surface area contributed by atoms with Crippen LogP contribution in [0.3, 0.4) is 0 Å². The van der Waals surface area contributed by atoms with Crippen molar-refractivity contribution >= 4 is 28.2 Å². The molecule has 1 aromatic heterocycles. The molecule has 0 aliphatic carbocycles. The molecule has 0 fully saturated rings. The molecule has 2 aromatic carbocycles. The molecule has 0 aliphatic rings. The largest absolute Gasteiger partial charge is 0.326 e. The quantitative estimate of drug-likeness (QED) is 0.561. The van der Waals surface area contributed by atoms with E-state index in [1.165, 1.54) is 12.3 Å². The van der Waals surface area contributed by atoms with E-state index < -0.39 is 4.92 Å². The molecule has 0 saturated heterocycles. The van der Waals surface area contributed by atoms with Crippen molar-refractivity contribution in [2.24, 2.45) is 0 Å². The molecule has 0 unspecified atom stereocenters. The number of aromatic nitrogens is 2. The summed E-state index contributed by atoms with van der Waals surface area (Å²) in [6, 6.07) is 11.6. The standard InChI is InChI=1S/C18H16N4O4/c1-12-6-7-13(10-16(12)22(25)26)20-18(24)8-9-21-15-5-3-2-4-14(15)17(23)11-19-21/h2-7,10-11H,8-9H2,1H3,(H,20,24). The van der Waals surface area contributed by atoms with Gasteiger partial charge in [0.25, 0.3) is 5.69 Å². The lowest BCUT2D eigenvalue weighted by Gasteiger charge is -2.10. The molecular formula is C18H16N4O4. The highest BCUT2D eigenvalue weighted by molar-refractivity contribution is 5.91. The second-order valence-corrected chi connectivity index (χ2v) is 5.81. The van der Waals surface area contributed by atoms with Gasteiger partial charge in [-0.3, -0.25) is 24.4 Å². The first-order valence-electron chi connectivity index (χ1n) is 7.95. The Morgan fingerprint density at radius 2 is 2.04 bits per heavy atom. The molecular weight excluding hydrogens is 336 g/mol. The van der Waals surface area contributed by atoms with Gasteiger partial charge in [0.15, 0.2) is 0 Å². The number of fused-ring (bicyclic) bond motifs is 1. The minimum atomic E-state index is -0.485. The number of aryl methyl sites for hydroxylation is 2. The Morgan fingerprint density at radius 3 is 2.81 bits per heavy atom. The Hall–Kier alpha value is -3.55. The van der Waals surface area contributed by atoms with Crippen LogP contribution in [0.4, 0.5) is 11.4 Å². The lowest BCUT2D eigenvalue weighted by atomic mass is 10.2. The summed E-state index contributed by atoms with van der Waals surface area (Å²) < 4.78 is 1.59. The van der Waals surface area contributed by atoms with Crippen LogP contribution in [0.5, 0.6) is 0 Å². The normalized spacial score (nSPS) is 10.7. The Labute approximate surface area is 148 Å². The summed E-state index contributed by atoms with van der Waals surface area (Å²) in [5.41, 5.74) is 1.32. The number of carbonyl (C=O) groups excluding carboxylic acids is 1. The topological polar surface area (TPSA) is 107 Å². The van der Waals surface area contributed by atoms with Gasteiger partial charge in [0, 0.05) is 29.1 Å². The fraction of sp³-hybridized carbons (Fsp3) is 0.167. The summed E-state index contributed by atoms with van der Waals surface area (Å²) in [5.74, 6) is -0.298. The van der Waals surface area contributed by atoms with Crippen LogP contribution in [-0.2, 0) is 11.3 Å². The third kappa shape index (κ3) is 3.59. The number of amides is 1. The van der Waals surface area contributed by atoms with Crippen LogP contribution in [0.15, 0.2) is 53.5 Å². The zero-order valence-electron chi connectivity index (χ0n) is 14.0. The second-order valence-electron chi connectivity index (χ2n) is 5.81. The molecule has 132 valence electrons. The molecule has 3 aromatic rings. The van der Waals surface area contributed by atoms with Crippen LogP contribution >= 0.6 is 0 Å². The van der Waals surface area contributed by atoms with Crippen molar-refractivity contribution in [1.82, 2.24) is 9.78 Å². The minimum Gasteiger partial charge on any atom is -0.326 e. The second kappa shape index (κ2) is 7.14. The minimum absolute atomic E-state index is 0.0455. The van der Waals surface area contributed by atoms with Crippen molar-refractivity contribution in [3.05, 3.63) is 74.6 Å². The molecule has 1 heterocycles. The van der Waals surface area contributed by atoms with Crippen molar-refractivity contribution in [2.75, 3.05) is 5.32 Å². The first kappa shape index (κ1) is 17.3. The van der Waals surface area contributed by atoms with E-state index >= 15 is 0 Å². The number of nitro groups is 1. The van der Waals surface area contributed by atoms with Crippen LogP contribution in [0.1, 0.15) is 12.0 Å². The van der Waals surface area contributed by atoms with Crippen molar-refractivity contribution < 1.29 is 9.72 Å². The number of nitrogens with zero attached hydrogens (tertiary/aromatic N) is 3. The Morgan fingerprint density at radius 1 is 1.27 bits per heavy atom. The number of nitrogens with one attached hydrogen (secondary N) is 1. The van der Waals surface area contributed by atoms with Gasteiger partial charge in [-0.05, 0) is 25.1 Å². The Kier molecular flexibility index (Phi) is 4.74. The van der Waals surface area contributed by atoms with Crippen molar-refractivity contribution in [3.63, 3.8) is 0 Å². The van der Waals surface area contributed by atoms with Gasteiger partial charge in [-0.15, -0.1) is 0 Å². The zero-order valence-corrected chi connectivity index (χ0v) is 14.0. The van der Waals surface area contributed by atoms with E-state index in [4.69, 9.17) is 0 Å². The van der Waals surface area contributed by atoms with Crippen molar-refractivity contribution in [3.8, 4) is 0 Å². The van der Waals surface area contributed by atoms with E-state index in [0.717, 1.165) is 0 Å². The third-order valence-electron chi connectivity index (χ3n) is 4.00. The summed E-state index contributed by atoms with van der Waals surface area (Å²) in [6.07, 6.45) is 1.34. The van der Waals surface area contributed by atoms with Crippen LogP contribution < -0.4 is 10.7 Å². The first-order chi connectivity index (χ1) is 12.5. The number of anilines is 1. The maximum atomic E-state index is 12.2. The van der Waals surface area contributed by atoms with Crippen LogP contribution in [0, 0.1) is 17.0 Å². The fourth-order valence-electron chi connectivity index (χ4n) is 2.65. The monoisotopic (exact) mass is 352 g/mol. The summed E-state index contributed by atoms with van der Waals surface area (Å²) >= 11 is 0. The number of benzene rings is 2. The van der Waals surface area contributed by atoms with Gasteiger partial charge >= 0.3 is 0 Å². The van der Waals surface area contributed by atoms with Gasteiger partial charge in [-0.2, -0.15) is 5.10 Å². The number of rotatable bonds is 5. The number of carbonyl (C=O) groups is 1. The van der Waals surface area contributed by atoms with Crippen LogP contribution in [0.2, 0.25) is 0 Å². The van der Waals surface area contributed by atoms with E-state index in [9.17, 15) is 19.7 Å². The van der Waals surface area contributed by atoms with E-state index in [2.05, 4.69) is 10.4 Å². The van der Waals surface area contributed by atoms with Gasteiger partial charge in [0.05, 0.1) is 23.2 Å². The zero-order chi connectivity index (χ0) is 18.7. The van der Waals surface area contributed by atoms with Gasteiger partial charge in [-0.25, -0.2) is 0 Å². The molecule has 0 atom stereocenters. The van der Waals surface area contributed by atoms with E-state index in [1.54, 1.807) is 48.0 Å². The summed E-state index contributed by atoms with van der Waals surface area (Å²) in [5, 5.41) is 18.2. The molecule has 8 heteroatoms. The molecule has 1 amide bonds. The molecule has 0 bridgehead atoms. The molecule has 0 radical (unpaired) electrons. The molecule has 8 nitrogen and oxygen atoms in total. The first-order valence-corrected chi connectivity index (χ1v) is 7.95. The maximum absolute atomic E-state index is 12.2. The number of hydrogen-bond acceptors (Lipinski definition) is 5. The highest BCUT2D eigenvalue weighted by Crippen LogP contribution is 2.22. The average molecular weight is 352 g/mol. The Bertz CT molecular complexity index is 1060. The van der Waals surface area contributed by atoms with E-state index in [1.807, 2.05) is 0 Å². The molecule has 3 rings (SSSR count). The van der Waals surface area contributed by atoms with Crippen molar-refractivity contribution in [2.45, 2.75) is 19.9 Å². The lowest BCUT2D eigenvalue weighted by Crippen LogP contribution is -2.18. The van der Waals surface area contributed by atoms with Crippen LogP contribution in [-0.4, -0.2) is 20.6 Å². The van der Waals surface area contributed by atoms with Gasteiger partial charge in [0.2, 0.25) is 11.3 Å². The highest BCUT2D eigenvalue weighted by atomic mass is 16.6. The molecule has 0 aliphatic heterocycles. The average Bonchev–Trinajstić information content (AvgIpc) is 2.63. The lowest BCUT2D eigenvalue weighted by molar-refractivity contribution is -0.385. The van der Waals surface area contributed by atoms with E-state index in [0.29, 0.717) is 22.2 Å². The van der Waals surface area contributed by atoms with Gasteiger partial charge in [0.1, 0.15) is 0 Å². The number of hydrogen-bond donors (Lipinski definition) is 1. The third-order valence-corrected chi connectivity index (χ3v) is 4.00. The molecule has 26 heavy (non-hydrogen) atoms. The smallest absolute Gasteiger partial charge is 0.274 e. The van der Waals surface area contributed by atoms with Crippen LogP contribution in [0.25, 0.3) is 10.9 Å². The molecule has 0 saturated carbocycles. The Balaban J connectivity index is 1.72. The van der Waals surface area contributed by atoms with E-state index in [-0.39, 0.29) is 30.0 Å². The summed E-state index contributed by atoms with van der Waals surface area (Å²) in [4.78, 5) is 34.5. The van der Waals surface area contributed by atoms with Gasteiger partial charge < -0.3 is 5.32 Å². The molecule has 0 spiro atoms. The van der Waals surface area contributed by atoms with Crippen molar-refractivity contribution in [1.29, 1.82) is 0 Å². The predicted octanol–water partition coefficient (Wildman–Crippen LogP) is 2.64. The predicted molar refractivity (Wildman–Crippen MR) is 97.1 cm³/mol. The number of nitro benzene ring substituents is 1. The summed E-state index contributed by atoms with van der Waals surface area (Å²) in [7, 11) is 0. The SMILES string of the molecule is Cc1ccc(NC(=O)CCn2ncc(=O)c3ccccc32)cc1[N+](=O)[O-]. The highest BCUT2D eigenvalue weighted by Gasteiger charge is 2.13. The summed E-state index contributed by atoms with van der Waals surface area (Å²) in [6.45, 7) is 1.91. The number of para-hydroxylation sites is 1. The van der Waals surface area contributed by atoms with Gasteiger partial charge in [-0.1, -0.05) is 18.2 Å². The maximum Gasteiger partial charge on any atom is 0.274 e. The molecule has 1 N–H and O–H groups in total. The fourth-order valence-corrected chi connectivity index (χ4v) is 2.65.